The molecule has 0 aliphatic carbocycles. The van der Waals surface area contributed by atoms with Crippen molar-refractivity contribution in [2.24, 2.45) is 0 Å². The van der Waals surface area contributed by atoms with Crippen LogP contribution in [-0.2, 0) is 9.31 Å². The van der Waals surface area contributed by atoms with Crippen molar-refractivity contribution in [3.05, 3.63) is 28.3 Å². The van der Waals surface area contributed by atoms with Gasteiger partial charge in [-0.3, -0.25) is 10.1 Å². The van der Waals surface area contributed by atoms with E-state index in [4.69, 9.17) is 14.0 Å². The molecule has 114 valence electrons. The number of nitro benzene ring substituents is 1. The van der Waals surface area contributed by atoms with Gasteiger partial charge in [0, 0.05) is 6.07 Å². The van der Waals surface area contributed by atoms with Crippen LogP contribution in [0.3, 0.4) is 0 Å². The summed E-state index contributed by atoms with van der Waals surface area (Å²) in [5.41, 5.74) is -0.427. The first-order valence-electron chi connectivity index (χ1n) is 6.95. The zero-order valence-electron chi connectivity index (χ0n) is 13.0. The number of ether oxygens (including phenoxy) is 1. The van der Waals surface area contributed by atoms with Gasteiger partial charge < -0.3 is 14.0 Å². The van der Waals surface area contributed by atoms with E-state index >= 15 is 0 Å². The van der Waals surface area contributed by atoms with Crippen molar-refractivity contribution in [1.29, 1.82) is 0 Å². The van der Waals surface area contributed by atoms with Gasteiger partial charge in [0.05, 0.1) is 22.7 Å². The van der Waals surface area contributed by atoms with E-state index in [-0.39, 0.29) is 11.4 Å². The standard InChI is InChI=1S/C14H20BNO5/c1-6-19-12-8-7-10(9-11(12)16(17)18)15-20-13(2,3)14(4,5)21-15/h7-9H,6H2,1-5H3. The molecule has 1 heterocycles. The van der Waals surface area contributed by atoms with Crippen LogP contribution in [0, 0.1) is 10.1 Å². The first kappa shape index (κ1) is 15.8. The quantitative estimate of drug-likeness (QED) is 0.484. The summed E-state index contributed by atoms with van der Waals surface area (Å²) in [5.74, 6) is 0.253. The molecule has 0 atom stereocenters. The van der Waals surface area contributed by atoms with Gasteiger partial charge in [-0.15, -0.1) is 0 Å². The van der Waals surface area contributed by atoms with E-state index in [1.54, 1.807) is 19.1 Å². The minimum Gasteiger partial charge on any atom is -0.487 e. The average Bonchev–Trinajstić information content (AvgIpc) is 2.59. The van der Waals surface area contributed by atoms with E-state index in [0.29, 0.717) is 12.1 Å². The topological polar surface area (TPSA) is 70.8 Å². The summed E-state index contributed by atoms with van der Waals surface area (Å²) >= 11 is 0. The van der Waals surface area contributed by atoms with Crippen molar-refractivity contribution < 1.29 is 19.0 Å². The monoisotopic (exact) mass is 293 g/mol. The van der Waals surface area contributed by atoms with Gasteiger partial charge in [0.2, 0.25) is 0 Å². The summed E-state index contributed by atoms with van der Waals surface area (Å²) in [4.78, 5) is 10.7. The minimum atomic E-state index is -0.621. The number of hydrogen-bond donors (Lipinski definition) is 0. The average molecular weight is 293 g/mol. The summed E-state index contributed by atoms with van der Waals surface area (Å²) < 4.78 is 17.1. The third-order valence-corrected chi connectivity index (χ3v) is 4.00. The van der Waals surface area contributed by atoms with E-state index in [2.05, 4.69) is 0 Å². The van der Waals surface area contributed by atoms with Crippen LogP contribution >= 0.6 is 0 Å². The molecule has 2 rings (SSSR count). The zero-order valence-corrected chi connectivity index (χ0v) is 13.0. The molecule has 7 heteroatoms. The molecule has 0 amide bonds. The van der Waals surface area contributed by atoms with E-state index in [9.17, 15) is 10.1 Å². The van der Waals surface area contributed by atoms with Gasteiger partial charge in [-0.25, -0.2) is 0 Å². The van der Waals surface area contributed by atoms with Crippen molar-refractivity contribution >= 4 is 18.3 Å². The molecule has 1 aromatic rings. The maximum atomic E-state index is 11.2. The van der Waals surface area contributed by atoms with Gasteiger partial charge in [0.1, 0.15) is 0 Å². The lowest BCUT2D eigenvalue weighted by atomic mass is 9.79. The second-order valence-corrected chi connectivity index (χ2v) is 6.01. The second kappa shape index (κ2) is 5.31. The first-order chi connectivity index (χ1) is 9.68. The molecule has 21 heavy (non-hydrogen) atoms. The van der Waals surface area contributed by atoms with Crippen molar-refractivity contribution in [2.45, 2.75) is 45.8 Å². The largest absolute Gasteiger partial charge is 0.495 e. The molecule has 1 fully saturated rings. The Labute approximate surface area is 124 Å². The Hall–Kier alpha value is -1.60. The molecule has 1 saturated heterocycles. The number of nitro groups is 1. The van der Waals surface area contributed by atoms with E-state index in [0.717, 1.165) is 0 Å². The van der Waals surface area contributed by atoms with Crippen molar-refractivity contribution in [1.82, 2.24) is 0 Å². The van der Waals surface area contributed by atoms with Gasteiger partial charge in [0.25, 0.3) is 0 Å². The van der Waals surface area contributed by atoms with Crippen LogP contribution < -0.4 is 10.2 Å². The fraction of sp³-hybridized carbons (Fsp3) is 0.571. The summed E-state index contributed by atoms with van der Waals surface area (Å²) in [6.07, 6.45) is 0. The van der Waals surface area contributed by atoms with Crippen molar-refractivity contribution in [3.63, 3.8) is 0 Å². The molecule has 0 saturated carbocycles. The Bertz CT molecular complexity index is 542. The normalized spacial score (nSPS) is 19.6. The van der Waals surface area contributed by atoms with Gasteiger partial charge in [0.15, 0.2) is 5.75 Å². The lowest BCUT2D eigenvalue weighted by Crippen LogP contribution is -2.41. The lowest BCUT2D eigenvalue weighted by Gasteiger charge is -2.32. The maximum absolute atomic E-state index is 11.2. The molecule has 1 aromatic carbocycles. The molecule has 6 nitrogen and oxygen atoms in total. The highest BCUT2D eigenvalue weighted by molar-refractivity contribution is 6.62. The summed E-state index contributed by atoms with van der Waals surface area (Å²) in [6.45, 7) is 9.92. The van der Waals surface area contributed by atoms with Crippen LogP contribution in [0.25, 0.3) is 0 Å². The molecule has 1 aliphatic heterocycles. The fourth-order valence-electron chi connectivity index (χ4n) is 2.08. The highest BCUT2D eigenvalue weighted by Gasteiger charge is 2.52. The Morgan fingerprint density at radius 3 is 2.29 bits per heavy atom. The first-order valence-corrected chi connectivity index (χ1v) is 6.95. The van der Waals surface area contributed by atoms with Crippen molar-refractivity contribution in [3.8, 4) is 5.75 Å². The third kappa shape index (κ3) is 2.89. The molecular formula is C14H20BNO5. The molecule has 0 radical (unpaired) electrons. The summed E-state index contributed by atoms with van der Waals surface area (Å²) in [6, 6.07) is 4.77. The highest BCUT2D eigenvalue weighted by atomic mass is 16.7. The minimum absolute atomic E-state index is 0.0796. The van der Waals surface area contributed by atoms with Gasteiger partial charge in [-0.1, -0.05) is 6.07 Å². The lowest BCUT2D eigenvalue weighted by molar-refractivity contribution is -0.385. The van der Waals surface area contributed by atoms with Crippen molar-refractivity contribution in [2.75, 3.05) is 6.61 Å². The number of nitrogens with zero attached hydrogens (tertiary/aromatic N) is 1. The van der Waals surface area contributed by atoms with Gasteiger partial charge >= 0.3 is 12.8 Å². The Morgan fingerprint density at radius 2 is 1.81 bits per heavy atom. The van der Waals surface area contributed by atoms with Crippen LogP contribution in [0.5, 0.6) is 5.75 Å². The molecule has 0 bridgehead atoms. The Kier molecular flexibility index (Phi) is 3.99. The second-order valence-electron chi connectivity index (χ2n) is 6.01. The van der Waals surface area contributed by atoms with Crippen LogP contribution in [0.4, 0.5) is 5.69 Å². The molecule has 0 unspecified atom stereocenters. The molecule has 0 N–H and O–H groups in total. The molecular weight excluding hydrogens is 273 g/mol. The van der Waals surface area contributed by atoms with Crippen LogP contribution in [-0.4, -0.2) is 29.9 Å². The number of rotatable bonds is 4. The van der Waals surface area contributed by atoms with Gasteiger partial charge in [-0.05, 0) is 46.1 Å². The fourth-order valence-corrected chi connectivity index (χ4v) is 2.08. The van der Waals surface area contributed by atoms with E-state index in [1.807, 2.05) is 27.7 Å². The third-order valence-electron chi connectivity index (χ3n) is 4.00. The summed E-state index contributed by atoms with van der Waals surface area (Å²) in [5, 5.41) is 11.2. The molecule has 0 spiro atoms. The number of benzene rings is 1. The van der Waals surface area contributed by atoms with Gasteiger partial charge in [-0.2, -0.15) is 0 Å². The Balaban J connectivity index is 2.34. The predicted octanol–water partition coefficient (Wildman–Crippen LogP) is 2.29. The maximum Gasteiger partial charge on any atom is 0.495 e. The van der Waals surface area contributed by atoms with Crippen LogP contribution in [0.2, 0.25) is 0 Å². The van der Waals surface area contributed by atoms with Crippen LogP contribution in [0.1, 0.15) is 34.6 Å². The highest BCUT2D eigenvalue weighted by Crippen LogP contribution is 2.37. The SMILES string of the molecule is CCOc1ccc(B2OC(C)(C)C(C)(C)O2)cc1[N+](=O)[O-]. The molecule has 1 aliphatic rings. The van der Waals surface area contributed by atoms with E-state index in [1.165, 1.54) is 6.07 Å². The van der Waals surface area contributed by atoms with Crippen LogP contribution in [0.15, 0.2) is 18.2 Å². The molecule has 0 aromatic heterocycles. The zero-order chi connectivity index (χ0) is 15.8. The predicted molar refractivity (Wildman–Crippen MR) is 80.0 cm³/mol. The summed E-state index contributed by atoms with van der Waals surface area (Å²) in [7, 11) is -0.621. The number of hydrogen-bond acceptors (Lipinski definition) is 5. The van der Waals surface area contributed by atoms with E-state index < -0.39 is 23.2 Å². The Morgan fingerprint density at radius 1 is 1.24 bits per heavy atom. The smallest absolute Gasteiger partial charge is 0.487 e.